The van der Waals surface area contributed by atoms with Gasteiger partial charge in [-0.2, -0.15) is 0 Å². The molecule has 0 N–H and O–H groups in total. The van der Waals surface area contributed by atoms with Crippen molar-refractivity contribution in [3.05, 3.63) is 65.7 Å². The van der Waals surface area contributed by atoms with Gasteiger partial charge in [-0.3, -0.25) is 4.79 Å². The van der Waals surface area contributed by atoms with E-state index in [0.29, 0.717) is 17.9 Å². The van der Waals surface area contributed by atoms with Crippen molar-refractivity contribution < 1.29 is 9.53 Å². The molecule has 2 nitrogen and oxygen atoms in total. The molecule has 0 saturated heterocycles. The summed E-state index contributed by atoms with van der Waals surface area (Å²) in [7, 11) is 0. The standard InChI is InChI=1S/C16H15O2/c17-13-15-10-4-5-11-16(15)18-12-6-9-14-7-2-1-3-8-14/h1-5,7-8,10-11H,6,9,12H2. The molecule has 0 bridgehead atoms. The Balaban J connectivity index is 1.80. The van der Waals surface area contributed by atoms with Gasteiger partial charge >= 0.3 is 0 Å². The molecule has 0 aliphatic carbocycles. The highest BCUT2D eigenvalue weighted by Gasteiger charge is 2.01. The van der Waals surface area contributed by atoms with Crippen molar-refractivity contribution in [3.8, 4) is 5.75 Å². The number of ether oxygens (including phenoxy) is 1. The van der Waals surface area contributed by atoms with E-state index in [1.807, 2.05) is 30.6 Å². The molecule has 2 aromatic carbocycles. The van der Waals surface area contributed by atoms with Gasteiger partial charge in [-0.05, 0) is 30.5 Å². The molecule has 0 atom stereocenters. The summed E-state index contributed by atoms with van der Waals surface area (Å²) in [6.07, 6.45) is 3.79. The first-order chi connectivity index (χ1) is 8.90. The van der Waals surface area contributed by atoms with E-state index in [4.69, 9.17) is 4.74 Å². The zero-order valence-corrected chi connectivity index (χ0v) is 10.1. The van der Waals surface area contributed by atoms with Crippen LogP contribution in [0.5, 0.6) is 5.75 Å². The molecular weight excluding hydrogens is 224 g/mol. The second kappa shape index (κ2) is 6.60. The summed E-state index contributed by atoms with van der Waals surface area (Å²) in [5.41, 5.74) is 1.79. The van der Waals surface area contributed by atoms with Crippen LogP contribution in [-0.2, 0) is 11.2 Å². The third-order valence-electron chi connectivity index (χ3n) is 2.71. The highest BCUT2D eigenvalue weighted by Crippen LogP contribution is 2.15. The smallest absolute Gasteiger partial charge is 0.237 e. The molecule has 0 amide bonds. The third kappa shape index (κ3) is 3.45. The van der Waals surface area contributed by atoms with Crippen LogP contribution in [0.15, 0.2) is 54.6 Å². The molecule has 0 saturated carbocycles. The van der Waals surface area contributed by atoms with Gasteiger partial charge in [0.25, 0.3) is 0 Å². The van der Waals surface area contributed by atoms with E-state index in [9.17, 15) is 4.79 Å². The largest absolute Gasteiger partial charge is 0.493 e. The van der Waals surface area contributed by atoms with Crippen LogP contribution >= 0.6 is 0 Å². The van der Waals surface area contributed by atoms with Crippen LogP contribution in [0.1, 0.15) is 17.5 Å². The van der Waals surface area contributed by atoms with E-state index in [2.05, 4.69) is 12.1 Å². The Kier molecular flexibility index (Phi) is 4.53. The highest BCUT2D eigenvalue weighted by molar-refractivity contribution is 5.79. The van der Waals surface area contributed by atoms with E-state index >= 15 is 0 Å². The number of carbonyl (C=O) groups excluding carboxylic acids is 1. The average molecular weight is 239 g/mol. The van der Waals surface area contributed by atoms with Crippen molar-refractivity contribution in [3.63, 3.8) is 0 Å². The minimum Gasteiger partial charge on any atom is -0.493 e. The first-order valence-electron chi connectivity index (χ1n) is 6.04. The zero-order valence-electron chi connectivity index (χ0n) is 10.1. The lowest BCUT2D eigenvalue weighted by molar-refractivity contribution is 0.310. The number of hydrogen-bond donors (Lipinski definition) is 0. The summed E-state index contributed by atoms with van der Waals surface area (Å²) < 4.78 is 5.59. The molecule has 2 rings (SSSR count). The van der Waals surface area contributed by atoms with Crippen molar-refractivity contribution in [1.82, 2.24) is 0 Å². The third-order valence-corrected chi connectivity index (χ3v) is 2.71. The summed E-state index contributed by atoms with van der Waals surface area (Å²) in [6, 6.07) is 17.4. The van der Waals surface area contributed by atoms with Gasteiger partial charge in [-0.15, -0.1) is 0 Å². The molecule has 2 heteroatoms. The second-order valence-electron chi connectivity index (χ2n) is 4.04. The maximum absolute atomic E-state index is 10.7. The minimum atomic E-state index is 0.484. The summed E-state index contributed by atoms with van der Waals surface area (Å²) in [6.45, 7) is 0.605. The van der Waals surface area contributed by atoms with E-state index < -0.39 is 0 Å². The second-order valence-corrected chi connectivity index (χ2v) is 4.04. The van der Waals surface area contributed by atoms with Crippen molar-refractivity contribution in [1.29, 1.82) is 0 Å². The molecule has 0 aromatic heterocycles. The molecule has 0 fully saturated rings. The van der Waals surface area contributed by atoms with Gasteiger partial charge in [-0.1, -0.05) is 42.5 Å². The minimum absolute atomic E-state index is 0.484. The maximum atomic E-state index is 10.7. The summed E-state index contributed by atoms with van der Waals surface area (Å²) in [4.78, 5) is 10.7. The molecule has 2 aromatic rings. The monoisotopic (exact) mass is 239 g/mol. The first-order valence-corrected chi connectivity index (χ1v) is 6.04. The molecule has 0 heterocycles. The molecule has 0 aliphatic heterocycles. The van der Waals surface area contributed by atoms with Crippen LogP contribution in [0.3, 0.4) is 0 Å². The predicted octanol–water partition coefficient (Wildman–Crippen LogP) is 3.16. The molecular formula is C16H15O2. The van der Waals surface area contributed by atoms with Crippen LogP contribution in [0.25, 0.3) is 0 Å². The van der Waals surface area contributed by atoms with Crippen molar-refractivity contribution in [2.75, 3.05) is 6.61 Å². The first kappa shape index (κ1) is 12.4. The van der Waals surface area contributed by atoms with Gasteiger partial charge in [0.15, 0.2) is 0 Å². The molecule has 91 valence electrons. The molecule has 0 aliphatic rings. The van der Waals surface area contributed by atoms with Crippen LogP contribution in [0.4, 0.5) is 0 Å². The zero-order chi connectivity index (χ0) is 12.6. The molecule has 0 unspecified atom stereocenters. The van der Waals surface area contributed by atoms with E-state index in [1.54, 1.807) is 18.2 Å². The number of para-hydroxylation sites is 1. The van der Waals surface area contributed by atoms with Gasteiger partial charge in [0.2, 0.25) is 6.29 Å². The normalized spacial score (nSPS) is 10.0. The fourth-order valence-electron chi connectivity index (χ4n) is 1.78. The fourth-order valence-corrected chi connectivity index (χ4v) is 1.78. The Morgan fingerprint density at radius 1 is 0.944 bits per heavy atom. The SMILES string of the molecule is O=[C]c1ccccc1OCCCc1ccccc1. The van der Waals surface area contributed by atoms with Gasteiger partial charge < -0.3 is 4.74 Å². The maximum Gasteiger partial charge on any atom is 0.237 e. The fraction of sp³-hybridized carbons (Fsp3) is 0.188. The number of hydrogen-bond acceptors (Lipinski definition) is 2. The van der Waals surface area contributed by atoms with E-state index in [-0.39, 0.29) is 0 Å². The molecule has 0 spiro atoms. The molecule has 18 heavy (non-hydrogen) atoms. The Bertz CT molecular complexity index is 491. The van der Waals surface area contributed by atoms with Gasteiger partial charge in [0.1, 0.15) is 5.75 Å². The van der Waals surface area contributed by atoms with Crippen LogP contribution in [0, 0.1) is 0 Å². The lowest BCUT2D eigenvalue weighted by Crippen LogP contribution is -2.01. The van der Waals surface area contributed by atoms with Gasteiger partial charge in [-0.25, -0.2) is 0 Å². The van der Waals surface area contributed by atoms with Crippen molar-refractivity contribution in [2.24, 2.45) is 0 Å². The quantitative estimate of drug-likeness (QED) is 0.724. The van der Waals surface area contributed by atoms with Gasteiger partial charge in [0.05, 0.1) is 12.2 Å². The lowest BCUT2D eigenvalue weighted by Gasteiger charge is -2.07. The summed E-state index contributed by atoms with van der Waals surface area (Å²) in [5.74, 6) is 0.612. The Labute approximate surface area is 107 Å². The number of rotatable bonds is 6. The van der Waals surface area contributed by atoms with Crippen molar-refractivity contribution >= 4 is 6.29 Å². The van der Waals surface area contributed by atoms with E-state index in [1.165, 1.54) is 5.56 Å². The highest BCUT2D eigenvalue weighted by atomic mass is 16.5. The van der Waals surface area contributed by atoms with Gasteiger partial charge in [0, 0.05) is 0 Å². The topological polar surface area (TPSA) is 26.3 Å². The van der Waals surface area contributed by atoms with Crippen LogP contribution < -0.4 is 4.74 Å². The van der Waals surface area contributed by atoms with E-state index in [0.717, 1.165) is 12.8 Å². The van der Waals surface area contributed by atoms with Crippen molar-refractivity contribution in [2.45, 2.75) is 12.8 Å². The Morgan fingerprint density at radius 3 is 2.44 bits per heavy atom. The number of benzene rings is 2. The Morgan fingerprint density at radius 2 is 1.67 bits per heavy atom. The molecule has 1 radical (unpaired) electrons. The summed E-state index contributed by atoms with van der Waals surface area (Å²) >= 11 is 0. The van der Waals surface area contributed by atoms with Crippen LogP contribution in [-0.4, -0.2) is 12.9 Å². The Hall–Kier alpha value is -2.09. The average Bonchev–Trinajstić information content (AvgIpc) is 2.45. The van der Waals surface area contributed by atoms with Crippen LogP contribution in [0.2, 0.25) is 0 Å². The number of aryl methyl sites for hydroxylation is 1. The summed E-state index contributed by atoms with van der Waals surface area (Å²) in [5, 5.41) is 0. The lowest BCUT2D eigenvalue weighted by atomic mass is 10.1. The predicted molar refractivity (Wildman–Crippen MR) is 71.5 cm³/mol.